The number of halogens is 3. The number of amides is 3. The number of hydrogen-bond acceptors (Lipinski definition) is 2. The summed E-state index contributed by atoms with van der Waals surface area (Å²) in [6.45, 7) is 0.725. The fourth-order valence-electron chi connectivity index (χ4n) is 2.91. The molecule has 0 radical (unpaired) electrons. The van der Waals surface area contributed by atoms with E-state index in [0.29, 0.717) is 18.8 Å². The molecule has 1 aliphatic heterocycles. The van der Waals surface area contributed by atoms with E-state index >= 15 is 0 Å². The Bertz CT molecular complexity index is 424. The lowest BCUT2D eigenvalue weighted by Gasteiger charge is -2.34. The van der Waals surface area contributed by atoms with E-state index in [1.807, 2.05) is 6.92 Å². The largest absolute Gasteiger partial charge is 0.406 e. The maximum Gasteiger partial charge on any atom is 0.406 e. The van der Waals surface area contributed by atoms with Gasteiger partial charge in [0.15, 0.2) is 0 Å². The van der Waals surface area contributed by atoms with Crippen LogP contribution in [0.25, 0.3) is 0 Å². The molecule has 2 rings (SSSR count). The highest BCUT2D eigenvalue weighted by molar-refractivity contribution is 5.87. The quantitative estimate of drug-likeness (QED) is 0.832. The van der Waals surface area contributed by atoms with Crippen LogP contribution in [0.2, 0.25) is 0 Å². The van der Waals surface area contributed by atoms with Gasteiger partial charge in [-0.3, -0.25) is 4.79 Å². The third-order valence-electron chi connectivity index (χ3n) is 4.42. The fourth-order valence-corrected chi connectivity index (χ4v) is 2.91. The minimum atomic E-state index is -4.42. The first-order valence-electron chi connectivity index (χ1n) is 7.69. The zero-order valence-corrected chi connectivity index (χ0v) is 12.6. The number of piperidine rings is 1. The first kappa shape index (κ1) is 16.9. The van der Waals surface area contributed by atoms with Gasteiger partial charge in [-0.1, -0.05) is 6.42 Å². The number of carbonyl (C=O) groups is 2. The second-order valence-electron chi connectivity index (χ2n) is 6.17. The van der Waals surface area contributed by atoms with Gasteiger partial charge in [-0.15, -0.1) is 0 Å². The highest BCUT2D eigenvalue weighted by atomic mass is 19.4. The first-order chi connectivity index (χ1) is 10.3. The zero-order valence-electron chi connectivity index (χ0n) is 12.6. The number of nitrogens with zero attached hydrogens (tertiary/aromatic N) is 1. The molecule has 5 nitrogen and oxygen atoms in total. The summed E-state index contributed by atoms with van der Waals surface area (Å²) in [4.78, 5) is 24.7. The van der Waals surface area contributed by atoms with Crippen LogP contribution in [0.3, 0.4) is 0 Å². The molecular formula is C14H22F3N3O2. The molecule has 2 fully saturated rings. The highest BCUT2D eigenvalue weighted by Crippen LogP contribution is 2.29. The van der Waals surface area contributed by atoms with Gasteiger partial charge in [0.1, 0.15) is 12.6 Å². The van der Waals surface area contributed by atoms with Crippen LogP contribution in [0.5, 0.6) is 0 Å². The van der Waals surface area contributed by atoms with Gasteiger partial charge in [-0.25, -0.2) is 4.79 Å². The molecule has 1 saturated heterocycles. The average Bonchev–Trinajstić information content (AvgIpc) is 2.30. The lowest BCUT2D eigenvalue weighted by atomic mass is 9.80. The molecule has 2 unspecified atom stereocenters. The van der Waals surface area contributed by atoms with E-state index < -0.39 is 30.7 Å². The van der Waals surface area contributed by atoms with Gasteiger partial charge >= 0.3 is 12.2 Å². The SMILES string of the molecule is CC(NC(=O)NC1CCCN(CC(F)(F)F)C1=O)C1CCC1. The van der Waals surface area contributed by atoms with Crippen LogP contribution in [0.4, 0.5) is 18.0 Å². The summed E-state index contributed by atoms with van der Waals surface area (Å²) in [6, 6.07) is -1.34. The summed E-state index contributed by atoms with van der Waals surface area (Å²) in [7, 11) is 0. The molecule has 0 aromatic rings. The molecule has 0 bridgehead atoms. The van der Waals surface area contributed by atoms with Crippen LogP contribution in [0.15, 0.2) is 0 Å². The summed E-state index contributed by atoms with van der Waals surface area (Å²) in [5.41, 5.74) is 0. The average molecular weight is 321 g/mol. The number of urea groups is 1. The van der Waals surface area contributed by atoms with Crippen molar-refractivity contribution in [1.29, 1.82) is 0 Å². The molecule has 22 heavy (non-hydrogen) atoms. The number of rotatable bonds is 4. The maximum absolute atomic E-state index is 12.4. The molecular weight excluding hydrogens is 299 g/mol. The van der Waals surface area contributed by atoms with Crippen molar-refractivity contribution in [1.82, 2.24) is 15.5 Å². The molecule has 8 heteroatoms. The Hall–Kier alpha value is -1.47. The van der Waals surface area contributed by atoms with E-state index in [2.05, 4.69) is 10.6 Å². The molecule has 2 N–H and O–H groups in total. The van der Waals surface area contributed by atoms with E-state index in [1.54, 1.807) is 0 Å². The third-order valence-corrected chi connectivity index (χ3v) is 4.42. The highest BCUT2D eigenvalue weighted by Gasteiger charge is 2.38. The monoisotopic (exact) mass is 321 g/mol. The summed E-state index contributed by atoms with van der Waals surface area (Å²) >= 11 is 0. The maximum atomic E-state index is 12.4. The van der Waals surface area contributed by atoms with E-state index in [1.165, 1.54) is 0 Å². The Morgan fingerprint density at radius 2 is 2.00 bits per heavy atom. The van der Waals surface area contributed by atoms with E-state index in [4.69, 9.17) is 0 Å². The number of hydrogen-bond donors (Lipinski definition) is 2. The molecule has 2 atom stereocenters. The summed E-state index contributed by atoms with van der Waals surface area (Å²) in [5, 5.41) is 5.28. The van der Waals surface area contributed by atoms with E-state index in [0.717, 1.165) is 24.2 Å². The van der Waals surface area contributed by atoms with Crippen LogP contribution in [-0.2, 0) is 4.79 Å². The summed E-state index contributed by atoms with van der Waals surface area (Å²) < 4.78 is 37.2. The predicted octanol–water partition coefficient (Wildman–Crippen LogP) is 2.03. The fraction of sp³-hybridized carbons (Fsp3) is 0.857. The molecule has 1 aliphatic carbocycles. The van der Waals surface area contributed by atoms with E-state index in [9.17, 15) is 22.8 Å². The van der Waals surface area contributed by atoms with Crippen LogP contribution >= 0.6 is 0 Å². The zero-order chi connectivity index (χ0) is 16.3. The number of nitrogens with one attached hydrogen (secondary N) is 2. The number of alkyl halides is 3. The second-order valence-corrected chi connectivity index (χ2v) is 6.17. The lowest BCUT2D eigenvalue weighted by Crippen LogP contribution is -2.57. The van der Waals surface area contributed by atoms with Crippen molar-refractivity contribution < 1.29 is 22.8 Å². The van der Waals surface area contributed by atoms with Gasteiger partial charge in [-0.05, 0) is 38.5 Å². The van der Waals surface area contributed by atoms with Crippen molar-refractivity contribution in [3.8, 4) is 0 Å². The molecule has 3 amide bonds. The second kappa shape index (κ2) is 6.75. The minimum absolute atomic E-state index is 0.0127. The van der Waals surface area contributed by atoms with Crippen LogP contribution in [0, 0.1) is 5.92 Å². The van der Waals surface area contributed by atoms with Gasteiger partial charge in [0.25, 0.3) is 0 Å². The molecule has 1 heterocycles. The molecule has 2 aliphatic rings. The Balaban J connectivity index is 1.83. The van der Waals surface area contributed by atoms with Crippen molar-refractivity contribution in [3.05, 3.63) is 0 Å². The number of carbonyl (C=O) groups excluding carboxylic acids is 2. The smallest absolute Gasteiger partial charge is 0.335 e. The Morgan fingerprint density at radius 1 is 1.32 bits per heavy atom. The van der Waals surface area contributed by atoms with Crippen LogP contribution < -0.4 is 10.6 Å². The normalized spacial score (nSPS) is 24.6. The molecule has 0 aromatic carbocycles. The molecule has 0 spiro atoms. The first-order valence-corrected chi connectivity index (χ1v) is 7.69. The Kier molecular flexibility index (Phi) is 5.18. The minimum Gasteiger partial charge on any atom is -0.335 e. The standard InChI is InChI=1S/C14H22F3N3O2/c1-9(10-4-2-5-10)18-13(22)19-11-6-3-7-20(12(11)21)8-14(15,16)17/h9-11H,2-8H2,1H3,(H2,18,19,22). The van der Waals surface area contributed by atoms with Gasteiger partial charge in [0.2, 0.25) is 5.91 Å². The van der Waals surface area contributed by atoms with Crippen molar-refractivity contribution in [2.45, 2.75) is 57.3 Å². The molecule has 0 aromatic heterocycles. The van der Waals surface area contributed by atoms with Gasteiger partial charge < -0.3 is 15.5 Å². The van der Waals surface area contributed by atoms with Crippen molar-refractivity contribution in [3.63, 3.8) is 0 Å². The predicted molar refractivity (Wildman–Crippen MR) is 74.1 cm³/mol. The van der Waals surface area contributed by atoms with Gasteiger partial charge in [0.05, 0.1) is 0 Å². The molecule has 126 valence electrons. The van der Waals surface area contributed by atoms with Crippen LogP contribution in [0.1, 0.15) is 39.0 Å². The summed E-state index contributed by atoms with van der Waals surface area (Å²) in [6.07, 6.45) is -0.292. The van der Waals surface area contributed by atoms with Gasteiger partial charge in [0, 0.05) is 12.6 Å². The lowest BCUT2D eigenvalue weighted by molar-refractivity contribution is -0.164. The van der Waals surface area contributed by atoms with Crippen molar-refractivity contribution in [2.24, 2.45) is 5.92 Å². The van der Waals surface area contributed by atoms with Crippen LogP contribution in [-0.4, -0.2) is 48.2 Å². The topological polar surface area (TPSA) is 61.4 Å². The van der Waals surface area contributed by atoms with Crippen molar-refractivity contribution >= 4 is 11.9 Å². The van der Waals surface area contributed by atoms with E-state index in [-0.39, 0.29) is 12.6 Å². The summed E-state index contributed by atoms with van der Waals surface area (Å²) in [5.74, 6) is -0.204. The molecule has 1 saturated carbocycles. The van der Waals surface area contributed by atoms with Crippen molar-refractivity contribution in [2.75, 3.05) is 13.1 Å². The Morgan fingerprint density at radius 3 is 2.55 bits per heavy atom. The third kappa shape index (κ3) is 4.51. The van der Waals surface area contributed by atoms with Gasteiger partial charge in [-0.2, -0.15) is 13.2 Å². The Labute approximate surface area is 127 Å². The number of likely N-dealkylation sites (tertiary alicyclic amines) is 1.